The van der Waals surface area contributed by atoms with E-state index < -0.39 is 0 Å². The maximum Gasteiger partial charge on any atom is 0.0520 e. The Balaban J connectivity index is 2.87. The molecule has 1 unspecified atom stereocenters. The Kier molecular flexibility index (Phi) is 3.55. The van der Waals surface area contributed by atoms with Crippen LogP contribution in [0, 0.1) is 0 Å². The summed E-state index contributed by atoms with van der Waals surface area (Å²) in [7, 11) is 0. The van der Waals surface area contributed by atoms with E-state index in [1.165, 1.54) is 4.88 Å². The van der Waals surface area contributed by atoms with Crippen molar-refractivity contribution in [3.8, 4) is 0 Å². The molecule has 0 saturated carbocycles. The number of hydrogen-bond donors (Lipinski definition) is 1. The van der Waals surface area contributed by atoms with Gasteiger partial charge in [-0.1, -0.05) is 13.8 Å². The SMILES string of the molecule is CC(O)CC(C)(C)c1sccc1Br. The van der Waals surface area contributed by atoms with E-state index in [1.54, 1.807) is 11.3 Å². The van der Waals surface area contributed by atoms with Gasteiger partial charge in [-0.3, -0.25) is 0 Å². The van der Waals surface area contributed by atoms with Gasteiger partial charge in [-0.2, -0.15) is 0 Å². The normalized spacial score (nSPS) is 14.5. The molecule has 0 saturated heterocycles. The third-order valence-corrected chi connectivity index (χ3v) is 4.24. The topological polar surface area (TPSA) is 20.2 Å². The van der Waals surface area contributed by atoms with Crippen molar-refractivity contribution in [1.82, 2.24) is 0 Å². The molecule has 0 aromatic carbocycles. The average Bonchev–Trinajstić information content (AvgIpc) is 2.32. The van der Waals surface area contributed by atoms with Gasteiger partial charge in [0.15, 0.2) is 0 Å². The first-order chi connectivity index (χ1) is 5.93. The molecular weight excluding hydrogens is 248 g/mol. The average molecular weight is 263 g/mol. The first kappa shape index (κ1) is 11.2. The molecule has 1 atom stereocenters. The third-order valence-electron chi connectivity index (χ3n) is 2.04. The zero-order chi connectivity index (χ0) is 10.1. The summed E-state index contributed by atoms with van der Waals surface area (Å²) < 4.78 is 1.16. The molecule has 13 heavy (non-hydrogen) atoms. The zero-order valence-electron chi connectivity index (χ0n) is 8.17. The van der Waals surface area contributed by atoms with Crippen LogP contribution in [0.4, 0.5) is 0 Å². The Morgan fingerprint density at radius 3 is 2.62 bits per heavy atom. The fourth-order valence-electron chi connectivity index (χ4n) is 1.61. The first-order valence-electron chi connectivity index (χ1n) is 4.35. The molecule has 1 nitrogen and oxygen atoms in total. The molecule has 1 rings (SSSR count). The number of halogens is 1. The highest BCUT2D eigenvalue weighted by Crippen LogP contribution is 2.37. The van der Waals surface area contributed by atoms with Crippen molar-refractivity contribution in [1.29, 1.82) is 0 Å². The summed E-state index contributed by atoms with van der Waals surface area (Å²) in [4.78, 5) is 1.31. The number of thiophene rings is 1. The molecule has 0 aliphatic heterocycles. The van der Waals surface area contributed by atoms with Crippen molar-refractivity contribution >= 4 is 27.3 Å². The summed E-state index contributed by atoms with van der Waals surface area (Å²) in [6.45, 7) is 6.16. The van der Waals surface area contributed by atoms with Crippen LogP contribution in [-0.4, -0.2) is 11.2 Å². The molecule has 0 radical (unpaired) electrons. The highest BCUT2D eigenvalue weighted by molar-refractivity contribution is 9.10. The standard InChI is InChI=1S/C10H15BrOS/c1-7(12)6-10(2,3)9-8(11)4-5-13-9/h4-5,7,12H,6H2,1-3H3. The van der Waals surface area contributed by atoms with Gasteiger partial charge in [0, 0.05) is 14.8 Å². The van der Waals surface area contributed by atoms with Crippen molar-refractivity contribution in [3.05, 3.63) is 20.8 Å². The zero-order valence-corrected chi connectivity index (χ0v) is 10.6. The van der Waals surface area contributed by atoms with Gasteiger partial charge >= 0.3 is 0 Å². The van der Waals surface area contributed by atoms with E-state index in [0.717, 1.165) is 10.9 Å². The number of rotatable bonds is 3. The van der Waals surface area contributed by atoms with Crippen LogP contribution >= 0.6 is 27.3 Å². The molecule has 3 heteroatoms. The van der Waals surface area contributed by atoms with Crippen molar-refractivity contribution < 1.29 is 5.11 Å². The fourth-order valence-corrected chi connectivity index (χ4v) is 3.66. The maximum absolute atomic E-state index is 9.37. The Morgan fingerprint density at radius 2 is 2.23 bits per heavy atom. The van der Waals surface area contributed by atoms with E-state index in [1.807, 2.05) is 6.92 Å². The lowest BCUT2D eigenvalue weighted by Gasteiger charge is -2.25. The second-order valence-electron chi connectivity index (χ2n) is 4.03. The van der Waals surface area contributed by atoms with E-state index in [4.69, 9.17) is 0 Å². The molecule has 0 aliphatic rings. The van der Waals surface area contributed by atoms with Crippen LogP contribution < -0.4 is 0 Å². The van der Waals surface area contributed by atoms with E-state index in [-0.39, 0.29) is 11.5 Å². The minimum Gasteiger partial charge on any atom is -0.393 e. The number of aliphatic hydroxyl groups is 1. The summed E-state index contributed by atoms with van der Waals surface area (Å²) >= 11 is 5.26. The fraction of sp³-hybridized carbons (Fsp3) is 0.600. The van der Waals surface area contributed by atoms with Gasteiger partial charge in [-0.15, -0.1) is 11.3 Å². The quantitative estimate of drug-likeness (QED) is 0.884. The molecule has 0 fully saturated rings. The van der Waals surface area contributed by atoms with Gasteiger partial charge in [-0.05, 0) is 40.7 Å². The molecule has 0 spiro atoms. The molecule has 1 N–H and O–H groups in total. The molecule has 0 aliphatic carbocycles. The van der Waals surface area contributed by atoms with Crippen LogP contribution in [0.5, 0.6) is 0 Å². The molecule has 74 valence electrons. The highest BCUT2D eigenvalue weighted by Gasteiger charge is 2.25. The van der Waals surface area contributed by atoms with Gasteiger partial charge in [0.1, 0.15) is 0 Å². The third kappa shape index (κ3) is 2.79. The van der Waals surface area contributed by atoms with Crippen LogP contribution in [0.1, 0.15) is 32.1 Å². The van der Waals surface area contributed by atoms with Crippen LogP contribution in [-0.2, 0) is 5.41 Å². The van der Waals surface area contributed by atoms with Crippen molar-refractivity contribution in [3.63, 3.8) is 0 Å². The van der Waals surface area contributed by atoms with Crippen molar-refractivity contribution in [2.24, 2.45) is 0 Å². The maximum atomic E-state index is 9.37. The molecule has 0 amide bonds. The Morgan fingerprint density at radius 1 is 1.62 bits per heavy atom. The van der Waals surface area contributed by atoms with E-state index >= 15 is 0 Å². The van der Waals surface area contributed by atoms with Gasteiger partial charge in [0.25, 0.3) is 0 Å². The highest BCUT2D eigenvalue weighted by atomic mass is 79.9. The minimum absolute atomic E-state index is 0.0567. The van der Waals surface area contributed by atoms with Crippen LogP contribution in [0.2, 0.25) is 0 Å². The van der Waals surface area contributed by atoms with Crippen LogP contribution in [0.15, 0.2) is 15.9 Å². The second-order valence-corrected chi connectivity index (χ2v) is 5.81. The predicted octanol–water partition coefficient (Wildman–Crippen LogP) is 3.56. The number of aliphatic hydroxyl groups excluding tert-OH is 1. The minimum atomic E-state index is -0.246. The van der Waals surface area contributed by atoms with Crippen LogP contribution in [0.3, 0.4) is 0 Å². The Bertz CT molecular complexity index is 278. The summed E-state index contributed by atoms with van der Waals surface area (Å²) in [6.07, 6.45) is 0.551. The van der Waals surface area contributed by atoms with E-state index in [2.05, 4.69) is 41.2 Å². The molecule has 1 aromatic rings. The van der Waals surface area contributed by atoms with Crippen LogP contribution in [0.25, 0.3) is 0 Å². The molecule has 0 bridgehead atoms. The van der Waals surface area contributed by atoms with E-state index in [9.17, 15) is 5.11 Å². The number of hydrogen-bond acceptors (Lipinski definition) is 2. The predicted molar refractivity (Wildman–Crippen MR) is 61.3 cm³/mol. The molecular formula is C10H15BrOS. The lowest BCUT2D eigenvalue weighted by molar-refractivity contribution is 0.157. The first-order valence-corrected chi connectivity index (χ1v) is 6.02. The molecule has 1 heterocycles. The van der Waals surface area contributed by atoms with Crippen molar-refractivity contribution in [2.75, 3.05) is 0 Å². The lowest BCUT2D eigenvalue weighted by atomic mass is 9.85. The van der Waals surface area contributed by atoms with Gasteiger partial charge < -0.3 is 5.11 Å². The molecule has 1 aromatic heterocycles. The largest absolute Gasteiger partial charge is 0.393 e. The lowest BCUT2D eigenvalue weighted by Crippen LogP contribution is -2.22. The summed E-state index contributed by atoms with van der Waals surface area (Å²) in [5.74, 6) is 0. The van der Waals surface area contributed by atoms with Gasteiger partial charge in [0.05, 0.1) is 6.10 Å². The van der Waals surface area contributed by atoms with Gasteiger partial charge in [0.2, 0.25) is 0 Å². The Labute approximate surface area is 91.9 Å². The van der Waals surface area contributed by atoms with Gasteiger partial charge in [-0.25, -0.2) is 0 Å². The smallest absolute Gasteiger partial charge is 0.0520 e. The summed E-state index contributed by atoms with van der Waals surface area (Å²) in [5.41, 5.74) is 0.0567. The summed E-state index contributed by atoms with van der Waals surface area (Å²) in [5, 5.41) is 11.4. The van der Waals surface area contributed by atoms with E-state index in [0.29, 0.717) is 0 Å². The monoisotopic (exact) mass is 262 g/mol. The summed E-state index contributed by atoms with van der Waals surface area (Å²) in [6, 6.07) is 2.06. The second kappa shape index (κ2) is 4.11. The van der Waals surface area contributed by atoms with Crippen molar-refractivity contribution in [2.45, 2.75) is 38.7 Å². The Hall–Kier alpha value is 0.140.